The first-order chi connectivity index (χ1) is 10.5. The van der Waals surface area contributed by atoms with E-state index in [4.69, 9.17) is 5.73 Å². The van der Waals surface area contributed by atoms with Gasteiger partial charge in [-0.1, -0.05) is 25.5 Å². The van der Waals surface area contributed by atoms with Crippen LogP contribution in [0, 0.1) is 0 Å². The van der Waals surface area contributed by atoms with E-state index in [2.05, 4.69) is 26.3 Å². The van der Waals surface area contributed by atoms with Crippen LogP contribution in [0.4, 0.5) is 5.69 Å². The summed E-state index contributed by atoms with van der Waals surface area (Å²) in [4.78, 5) is 24.1. The fourth-order valence-electron chi connectivity index (χ4n) is 2.23. The van der Waals surface area contributed by atoms with Crippen LogP contribution in [0.15, 0.2) is 28.7 Å². The number of rotatable bonds is 5. The number of primary amides is 1. The van der Waals surface area contributed by atoms with Crippen LogP contribution in [0.25, 0.3) is 0 Å². The molecule has 0 fully saturated rings. The van der Waals surface area contributed by atoms with Gasteiger partial charge >= 0.3 is 0 Å². The van der Waals surface area contributed by atoms with Gasteiger partial charge in [0.25, 0.3) is 11.8 Å². The van der Waals surface area contributed by atoms with Crippen LogP contribution in [-0.2, 0) is 13.5 Å². The predicted octanol–water partition coefficient (Wildman–Crippen LogP) is 2.49. The molecule has 0 saturated carbocycles. The summed E-state index contributed by atoms with van der Waals surface area (Å²) in [5.74, 6) is -0.944. The standard InChI is InChI=1S/C15H17BrN4O2/c1-3-6-11-12(13(14(17)21)20(2)19-11)18-15(22)9-7-4-5-8-10(9)16/h4-5,7-8H,3,6H2,1-2H3,(H2,17,21)(H,18,22). The highest BCUT2D eigenvalue weighted by molar-refractivity contribution is 9.10. The zero-order chi connectivity index (χ0) is 16.3. The lowest BCUT2D eigenvalue weighted by Crippen LogP contribution is -2.20. The van der Waals surface area contributed by atoms with Crippen LogP contribution in [0.3, 0.4) is 0 Å². The van der Waals surface area contributed by atoms with E-state index < -0.39 is 5.91 Å². The molecular formula is C15H17BrN4O2. The third kappa shape index (κ3) is 3.19. The van der Waals surface area contributed by atoms with E-state index in [1.54, 1.807) is 25.2 Å². The van der Waals surface area contributed by atoms with E-state index in [-0.39, 0.29) is 11.6 Å². The second kappa shape index (κ2) is 6.74. The maximum Gasteiger partial charge on any atom is 0.269 e. The molecule has 1 heterocycles. The molecular weight excluding hydrogens is 348 g/mol. The lowest BCUT2D eigenvalue weighted by atomic mass is 10.1. The predicted molar refractivity (Wildman–Crippen MR) is 87.8 cm³/mol. The number of amides is 2. The van der Waals surface area contributed by atoms with Crippen LogP contribution in [0.5, 0.6) is 0 Å². The largest absolute Gasteiger partial charge is 0.364 e. The van der Waals surface area contributed by atoms with Gasteiger partial charge in [0, 0.05) is 11.5 Å². The van der Waals surface area contributed by atoms with Crippen molar-refractivity contribution in [2.75, 3.05) is 5.32 Å². The number of benzene rings is 1. The SMILES string of the molecule is CCCc1nn(C)c(C(N)=O)c1NC(=O)c1ccccc1Br. The van der Waals surface area contributed by atoms with E-state index in [9.17, 15) is 9.59 Å². The molecule has 1 aromatic carbocycles. The minimum atomic E-state index is -0.625. The number of hydrogen-bond acceptors (Lipinski definition) is 3. The summed E-state index contributed by atoms with van der Waals surface area (Å²) in [7, 11) is 1.63. The molecule has 22 heavy (non-hydrogen) atoms. The Morgan fingerprint density at radius 1 is 1.36 bits per heavy atom. The van der Waals surface area contributed by atoms with Gasteiger partial charge in [-0.2, -0.15) is 5.10 Å². The van der Waals surface area contributed by atoms with Gasteiger partial charge in [-0.25, -0.2) is 0 Å². The van der Waals surface area contributed by atoms with Crippen molar-refractivity contribution in [3.63, 3.8) is 0 Å². The van der Waals surface area contributed by atoms with E-state index in [1.165, 1.54) is 4.68 Å². The molecule has 2 aromatic rings. The number of carbonyl (C=O) groups excluding carboxylic acids is 2. The average molecular weight is 365 g/mol. The monoisotopic (exact) mass is 364 g/mol. The van der Waals surface area contributed by atoms with Crippen LogP contribution >= 0.6 is 15.9 Å². The van der Waals surface area contributed by atoms with Crippen molar-refractivity contribution in [3.05, 3.63) is 45.7 Å². The summed E-state index contributed by atoms with van der Waals surface area (Å²) >= 11 is 3.34. The van der Waals surface area contributed by atoms with Crippen LogP contribution in [-0.4, -0.2) is 21.6 Å². The number of hydrogen-bond donors (Lipinski definition) is 2. The number of aromatic nitrogens is 2. The summed E-state index contributed by atoms with van der Waals surface area (Å²) in [6.45, 7) is 2.00. The molecule has 116 valence electrons. The lowest BCUT2D eigenvalue weighted by molar-refractivity contribution is 0.0992. The Labute approximate surface area is 136 Å². The number of nitrogens with one attached hydrogen (secondary N) is 1. The molecule has 3 N–H and O–H groups in total. The van der Waals surface area contributed by atoms with E-state index in [1.807, 2.05) is 13.0 Å². The van der Waals surface area contributed by atoms with Crippen molar-refractivity contribution >= 4 is 33.4 Å². The van der Waals surface area contributed by atoms with Crippen LogP contribution in [0.2, 0.25) is 0 Å². The molecule has 0 spiro atoms. The molecule has 0 atom stereocenters. The van der Waals surface area contributed by atoms with Crippen LogP contribution < -0.4 is 11.1 Å². The fourth-order valence-corrected chi connectivity index (χ4v) is 2.70. The van der Waals surface area contributed by atoms with Crippen molar-refractivity contribution in [2.24, 2.45) is 12.8 Å². The normalized spacial score (nSPS) is 10.5. The molecule has 0 saturated heterocycles. The molecule has 6 nitrogen and oxygen atoms in total. The summed E-state index contributed by atoms with van der Waals surface area (Å²) < 4.78 is 2.08. The average Bonchev–Trinajstić information content (AvgIpc) is 2.75. The Morgan fingerprint density at radius 3 is 2.64 bits per heavy atom. The topological polar surface area (TPSA) is 90.0 Å². The van der Waals surface area contributed by atoms with Gasteiger partial charge in [0.1, 0.15) is 5.69 Å². The summed E-state index contributed by atoms with van der Waals surface area (Å²) in [5, 5.41) is 7.05. The number of halogens is 1. The van der Waals surface area contributed by atoms with E-state index >= 15 is 0 Å². The Morgan fingerprint density at radius 2 is 2.05 bits per heavy atom. The molecule has 0 aliphatic carbocycles. The van der Waals surface area contributed by atoms with Gasteiger partial charge < -0.3 is 11.1 Å². The summed E-state index contributed by atoms with van der Waals surface area (Å²) in [5.41, 5.74) is 7.12. The van der Waals surface area contributed by atoms with Gasteiger partial charge in [-0.3, -0.25) is 14.3 Å². The smallest absolute Gasteiger partial charge is 0.269 e. The number of anilines is 1. The van der Waals surface area contributed by atoms with E-state index in [0.29, 0.717) is 27.8 Å². The second-order valence-electron chi connectivity index (χ2n) is 4.84. The first kappa shape index (κ1) is 16.2. The van der Waals surface area contributed by atoms with Crippen LogP contribution in [0.1, 0.15) is 39.9 Å². The Balaban J connectivity index is 2.42. The van der Waals surface area contributed by atoms with Gasteiger partial charge in [-0.05, 0) is 34.5 Å². The molecule has 7 heteroatoms. The molecule has 0 aliphatic rings. The number of aryl methyl sites for hydroxylation is 2. The summed E-state index contributed by atoms with van der Waals surface area (Å²) in [6.07, 6.45) is 1.49. The highest BCUT2D eigenvalue weighted by Crippen LogP contribution is 2.24. The molecule has 1 aromatic heterocycles. The first-order valence-corrected chi connectivity index (χ1v) is 7.66. The second-order valence-corrected chi connectivity index (χ2v) is 5.70. The minimum Gasteiger partial charge on any atom is -0.364 e. The number of nitrogens with zero attached hydrogens (tertiary/aromatic N) is 2. The first-order valence-electron chi connectivity index (χ1n) is 6.87. The van der Waals surface area contributed by atoms with Crippen molar-refractivity contribution in [1.82, 2.24) is 9.78 Å². The third-order valence-corrected chi connectivity index (χ3v) is 3.89. The quantitative estimate of drug-likeness (QED) is 0.853. The molecule has 2 amide bonds. The highest BCUT2D eigenvalue weighted by atomic mass is 79.9. The Kier molecular flexibility index (Phi) is 4.97. The van der Waals surface area contributed by atoms with Gasteiger partial charge in [-0.15, -0.1) is 0 Å². The van der Waals surface area contributed by atoms with Gasteiger partial charge in [0.05, 0.1) is 16.9 Å². The van der Waals surface area contributed by atoms with E-state index in [0.717, 1.165) is 6.42 Å². The minimum absolute atomic E-state index is 0.198. The molecule has 2 rings (SSSR count). The molecule has 0 bridgehead atoms. The van der Waals surface area contributed by atoms with Gasteiger partial charge in [0.15, 0.2) is 0 Å². The lowest BCUT2D eigenvalue weighted by Gasteiger charge is -2.08. The Hall–Kier alpha value is -2.15. The zero-order valence-corrected chi connectivity index (χ0v) is 14.0. The maximum absolute atomic E-state index is 12.4. The Bertz CT molecular complexity index is 724. The molecule has 0 unspecified atom stereocenters. The maximum atomic E-state index is 12.4. The van der Waals surface area contributed by atoms with Crippen molar-refractivity contribution in [2.45, 2.75) is 19.8 Å². The zero-order valence-electron chi connectivity index (χ0n) is 12.4. The summed E-state index contributed by atoms with van der Waals surface area (Å²) in [6, 6.07) is 7.06. The molecule has 0 radical (unpaired) electrons. The van der Waals surface area contributed by atoms with Crippen molar-refractivity contribution in [1.29, 1.82) is 0 Å². The molecule has 0 aliphatic heterocycles. The van der Waals surface area contributed by atoms with Crippen molar-refractivity contribution < 1.29 is 9.59 Å². The number of nitrogens with two attached hydrogens (primary N) is 1. The van der Waals surface area contributed by atoms with Crippen molar-refractivity contribution in [3.8, 4) is 0 Å². The fraction of sp³-hybridized carbons (Fsp3) is 0.267. The number of carbonyl (C=O) groups is 2. The van der Waals surface area contributed by atoms with Gasteiger partial charge in [0.2, 0.25) is 0 Å². The third-order valence-electron chi connectivity index (χ3n) is 3.20. The highest BCUT2D eigenvalue weighted by Gasteiger charge is 2.22.